The zero-order chi connectivity index (χ0) is 17.4. The van der Waals surface area contributed by atoms with E-state index in [1.807, 2.05) is 36.6 Å². The minimum atomic E-state index is -0.424. The lowest BCUT2D eigenvalue weighted by atomic mass is 10.2. The molecule has 0 aliphatic carbocycles. The summed E-state index contributed by atoms with van der Waals surface area (Å²) >= 11 is 0. The third kappa shape index (κ3) is 2.46. The number of rotatable bonds is 2. The van der Waals surface area contributed by atoms with Gasteiger partial charge in [0.1, 0.15) is 5.70 Å². The number of nitrogens with zero attached hydrogens (tertiary/aromatic N) is 3. The Morgan fingerprint density at radius 2 is 1.83 bits per heavy atom. The summed E-state index contributed by atoms with van der Waals surface area (Å²) in [6.07, 6.45) is 1.69. The van der Waals surface area contributed by atoms with E-state index in [0.29, 0.717) is 5.56 Å². The van der Waals surface area contributed by atoms with Gasteiger partial charge in [0.05, 0.1) is 11.6 Å². The van der Waals surface area contributed by atoms with E-state index in [1.165, 1.54) is 7.05 Å². The summed E-state index contributed by atoms with van der Waals surface area (Å²) in [4.78, 5) is 24.6. The van der Waals surface area contributed by atoms with Gasteiger partial charge >= 0.3 is 6.03 Å². The Morgan fingerprint density at radius 3 is 2.38 bits per heavy atom. The highest BCUT2D eigenvalue weighted by Crippen LogP contribution is 2.24. The molecule has 1 aromatic carbocycles. The van der Waals surface area contributed by atoms with Gasteiger partial charge in [0.25, 0.3) is 5.91 Å². The molecule has 0 unspecified atom stereocenters. The number of imide groups is 1. The third-order valence-corrected chi connectivity index (χ3v) is 4.11. The van der Waals surface area contributed by atoms with Crippen molar-refractivity contribution in [1.82, 2.24) is 14.8 Å². The molecular formula is C18H16N4O2. The predicted molar refractivity (Wildman–Crippen MR) is 89.2 cm³/mol. The van der Waals surface area contributed by atoms with Gasteiger partial charge in [-0.1, -0.05) is 0 Å². The van der Waals surface area contributed by atoms with E-state index in [0.717, 1.165) is 27.5 Å². The van der Waals surface area contributed by atoms with E-state index in [4.69, 9.17) is 5.26 Å². The summed E-state index contributed by atoms with van der Waals surface area (Å²) in [5, 5.41) is 11.5. The van der Waals surface area contributed by atoms with E-state index in [2.05, 4.69) is 11.4 Å². The largest absolute Gasteiger partial charge is 0.328 e. The Kier molecular flexibility index (Phi) is 3.70. The van der Waals surface area contributed by atoms with Gasteiger partial charge in [0.15, 0.2) is 0 Å². The normalized spacial score (nSPS) is 15.8. The van der Waals surface area contributed by atoms with Crippen molar-refractivity contribution >= 4 is 18.0 Å². The molecule has 0 atom stereocenters. The lowest BCUT2D eigenvalue weighted by Gasteiger charge is -2.09. The number of likely N-dealkylation sites (N-methyl/N-ethyl adjacent to an activating group) is 1. The van der Waals surface area contributed by atoms with Crippen LogP contribution in [0.1, 0.15) is 22.5 Å². The van der Waals surface area contributed by atoms with Crippen molar-refractivity contribution in [3.63, 3.8) is 0 Å². The Morgan fingerprint density at radius 1 is 1.17 bits per heavy atom. The Bertz CT molecular complexity index is 914. The van der Waals surface area contributed by atoms with Crippen LogP contribution in [0.3, 0.4) is 0 Å². The lowest BCUT2D eigenvalue weighted by molar-refractivity contribution is -0.121. The summed E-state index contributed by atoms with van der Waals surface area (Å²) in [6, 6.07) is 10.9. The van der Waals surface area contributed by atoms with Crippen molar-refractivity contribution in [3.8, 4) is 11.8 Å². The quantitative estimate of drug-likeness (QED) is 0.682. The second-order valence-corrected chi connectivity index (χ2v) is 5.67. The molecule has 1 saturated heterocycles. The summed E-state index contributed by atoms with van der Waals surface area (Å²) in [5.41, 5.74) is 4.60. The van der Waals surface area contributed by atoms with Crippen molar-refractivity contribution < 1.29 is 9.59 Å². The lowest BCUT2D eigenvalue weighted by Crippen LogP contribution is -2.25. The average molecular weight is 320 g/mol. The number of aromatic nitrogens is 1. The van der Waals surface area contributed by atoms with E-state index >= 15 is 0 Å². The van der Waals surface area contributed by atoms with Crippen LogP contribution in [0.4, 0.5) is 4.79 Å². The first-order valence-electron chi connectivity index (χ1n) is 7.42. The maximum Gasteiger partial charge on any atom is 0.328 e. The number of amides is 3. The van der Waals surface area contributed by atoms with E-state index in [1.54, 1.807) is 18.2 Å². The summed E-state index contributed by atoms with van der Waals surface area (Å²) in [7, 11) is 1.44. The Hall–Kier alpha value is -3.33. The summed E-state index contributed by atoms with van der Waals surface area (Å²) in [5.74, 6) is -0.344. The fraction of sp³-hybridized carbons (Fsp3) is 0.167. The van der Waals surface area contributed by atoms with Gasteiger partial charge in [0, 0.05) is 24.1 Å². The molecule has 0 radical (unpaired) electrons. The molecule has 0 spiro atoms. The van der Waals surface area contributed by atoms with Crippen LogP contribution in [0, 0.1) is 25.2 Å². The molecular weight excluding hydrogens is 304 g/mol. The highest BCUT2D eigenvalue weighted by Gasteiger charge is 2.30. The second-order valence-electron chi connectivity index (χ2n) is 5.67. The van der Waals surface area contributed by atoms with Crippen LogP contribution in [-0.2, 0) is 4.79 Å². The number of urea groups is 1. The first kappa shape index (κ1) is 15.6. The smallest absolute Gasteiger partial charge is 0.318 e. The van der Waals surface area contributed by atoms with Crippen molar-refractivity contribution in [2.45, 2.75) is 13.8 Å². The van der Waals surface area contributed by atoms with Crippen molar-refractivity contribution in [3.05, 3.63) is 58.5 Å². The monoisotopic (exact) mass is 320 g/mol. The minimum Gasteiger partial charge on any atom is -0.318 e. The highest BCUT2D eigenvalue weighted by molar-refractivity contribution is 6.13. The van der Waals surface area contributed by atoms with Crippen molar-refractivity contribution in [2.24, 2.45) is 0 Å². The Labute approximate surface area is 139 Å². The molecule has 2 aromatic rings. The van der Waals surface area contributed by atoms with Crippen LogP contribution in [-0.4, -0.2) is 28.5 Å². The number of carbonyl (C=O) groups is 2. The molecule has 1 aliphatic heterocycles. The number of hydrogen-bond donors (Lipinski definition) is 1. The number of benzene rings is 1. The first-order chi connectivity index (χ1) is 11.4. The number of hydrogen-bond acceptors (Lipinski definition) is 3. The predicted octanol–water partition coefficient (Wildman–Crippen LogP) is 2.49. The Balaban J connectivity index is 2.02. The maximum atomic E-state index is 12.0. The fourth-order valence-corrected chi connectivity index (χ4v) is 2.79. The molecule has 0 bridgehead atoms. The van der Waals surface area contributed by atoms with Crippen LogP contribution in [0.5, 0.6) is 0 Å². The van der Waals surface area contributed by atoms with E-state index in [9.17, 15) is 9.59 Å². The summed E-state index contributed by atoms with van der Waals surface area (Å²) < 4.78 is 2.04. The molecule has 1 fully saturated rings. The maximum absolute atomic E-state index is 12.0. The molecule has 0 saturated carbocycles. The minimum absolute atomic E-state index is 0.266. The molecule has 3 rings (SSSR count). The molecule has 1 aliphatic rings. The topological polar surface area (TPSA) is 78.1 Å². The van der Waals surface area contributed by atoms with Gasteiger partial charge in [0.2, 0.25) is 0 Å². The fourth-order valence-electron chi connectivity index (χ4n) is 2.79. The van der Waals surface area contributed by atoms with Crippen LogP contribution in [0.15, 0.2) is 36.0 Å². The number of carbonyl (C=O) groups excluding carboxylic acids is 2. The first-order valence-corrected chi connectivity index (χ1v) is 7.42. The van der Waals surface area contributed by atoms with E-state index in [-0.39, 0.29) is 11.6 Å². The molecule has 6 nitrogen and oxygen atoms in total. The van der Waals surface area contributed by atoms with Crippen LogP contribution < -0.4 is 5.32 Å². The second kappa shape index (κ2) is 5.70. The van der Waals surface area contributed by atoms with Crippen LogP contribution in [0.2, 0.25) is 0 Å². The summed E-state index contributed by atoms with van der Waals surface area (Å²) in [6.45, 7) is 3.91. The average Bonchev–Trinajstić information content (AvgIpc) is 2.98. The zero-order valence-corrected chi connectivity index (χ0v) is 13.6. The van der Waals surface area contributed by atoms with Gasteiger partial charge in [-0.25, -0.2) is 4.79 Å². The molecule has 24 heavy (non-hydrogen) atoms. The van der Waals surface area contributed by atoms with Crippen molar-refractivity contribution in [1.29, 1.82) is 5.26 Å². The van der Waals surface area contributed by atoms with Gasteiger partial charge < -0.3 is 9.88 Å². The number of nitrogens with one attached hydrogen (secondary N) is 1. The number of aryl methyl sites for hydroxylation is 1. The molecule has 2 heterocycles. The van der Waals surface area contributed by atoms with E-state index < -0.39 is 6.03 Å². The van der Waals surface area contributed by atoms with Gasteiger partial charge in [-0.3, -0.25) is 9.69 Å². The molecule has 120 valence electrons. The van der Waals surface area contributed by atoms with Gasteiger partial charge in [-0.05, 0) is 55.8 Å². The third-order valence-electron chi connectivity index (χ3n) is 4.11. The van der Waals surface area contributed by atoms with Gasteiger partial charge in [-0.2, -0.15) is 5.26 Å². The molecule has 6 heteroatoms. The number of nitriles is 1. The highest BCUT2D eigenvalue weighted by atomic mass is 16.2. The van der Waals surface area contributed by atoms with Crippen molar-refractivity contribution in [2.75, 3.05) is 7.05 Å². The standard InChI is InChI=1S/C18H16N4O2/c1-11-8-14(9-16-17(23)21(3)18(24)20-16)12(2)22(11)15-6-4-13(10-19)5-7-15/h4-9H,1-3H3,(H,20,24)/b16-9+. The molecule has 1 N–H and O–H groups in total. The van der Waals surface area contributed by atoms with Crippen LogP contribution >= 0.6 is 0 Å². The zero-order valence-electron chi connectivity index (χ0n) is 13.6. The molecule has 1 aromatic heterocycles. The van der Waals surface area contributed by atoms with Gasteiger partial charge in [-0.15, -0.1) is 0 Å². The SMILES string of the molecule is Cc1cc(/C=C2/NC(=O)N(C)C2=O)c(C)n1-c1ccc(C#N)cc1. The molecule has 3 amide bonds. The van der Waals surface area contributed by atoms with Crippen LogP contribution in [0.25, 0.3) is 11.8 Å².